The van der Waals surface area contributed by atoms with E-state index in [1.54, 1.807) is 0 Å². The Hall–Kier alpha value is 1.66. The summed E-state index contributed by atoms with van der Waals surface area (Å²) in [6, 6.07) is 0. The zero-order valence-corrected chi connectivity index (χ0v) is 24.2. The molecule has 0 aromatic carbocycles. The predicted molar refractivity (Wildman–Crippen MR) is 123 cm³/mol. The summed E-state index contributed by atoms with van der Waals surface area (Å²) in [5.41, 5.74) is 0. The summed E-state index contributed by atoms with van der Waals surface area (Å²) >= 11 is 7.53. The maximum atomic E-state index is 10.1. The molecule has 0 aromatic heterocycles. The van der Waals surface area contributed by atoms with Gasteiger partial charge >= 0.3 is 0 Å². The van der Waals surface area contributed by atoms with E-state index in [0.717, 1.165) is 0 Å². The SMILES string of the molecule is CN(C)[P+](Br)(N(C)C)N(C)C.CN(C)[P+](Br)(N(C)C)N(C)C.O=P([O-])([O-])F. The molecule has 0 heterocycles. The topological polar surface area (TPSA) is 82.6 Å². The molecule has 0 saturated heterocycles. The van der Waals surface area contributed by atoms with E-state index in [1.165, 1.54) is 0 Å². The van der Waals surface area contributed by atoms with Crippen LogP contribution in [0.25, 0.3) is 0 Å². The van der Waals surface area contributed by atoms with Crippen LogP contribution in [0.4, 0.5) is 4.20 Å². The van der Waals surface area contributed by atoms with Crippen LogP contribution in [0.3, 0.4) is 0 Å². The lowest BCUT2D eigenvalue weighted by Crippen LogP contribution is -2.31. The normalized spacial score (nSPS) is 13.3. The summed E-state index contributed by atoms with van der Waals surface area (Å²) in [6.07, 6.45) is -2.75. The van der Waals surface area contributed by atoms with E-state index in [-0.39, 0.29) is 0 Å². The lowest BCUT2D eigenvalue weighted by atomic mass is 11.2. The molecule has 168 valence electrons. The summed E-state index contributed by atoms with van der Waals surface area (Å²) in [5, 5.41) is 0. The summed E-state index contributed by atoms with van der Waals surface area (Å²) < 4.78 is 31.9. The van der Waals surface area contributed by atoms with Gasteiger partial charge in [0.25, 0.3) is 12.8 Å². The minimum absolute atomic E-state index is 1.37. The molecule has 27 heavy (non-hydrogen) atoms. The lowest BCUT2D eigenvalue weighted by Gasteiger charge is -2.33. The molecule has 0 amide bonds. The van der Waals surface area contributed by atoms with Crippen molar-refractivity contribution in [2.24, 2.45) is 0 Å². The van der Waals surface area contributed by atoms with Gasteiger partial charge in [-0.15, -0.1) is 28.0 Å². The van der Waals surface area contributed by atoms with Crippen LogP contribution in [0.15, 0.2) is 0 Å². The number of rotatable bonds is 6. The maximum Gasteiger partial charge on any atom is 0.298 e. The van der Waals surface area contributed by atoms with Crippen LogP contribution in [0.2, 0.25) is 0 Å². The van der Waals surface area contributed by atoms with Gasteiger partial charge < -0.3 is 14.4 Å². The molecule has 0 aliphatic carbocycles. The summed E-state index contributed by atoms with van der Waals surface area (Å²) in [5.74, 6) is 0. The van der Waals surface area contributed by atoms with Crippen molar-refractivity contribution < 1.29 is 18.5 Å². The third-order valence-corrected chi connectivity index (χ3v) is 20.6. The van der Waals surface area contributed by atoms with E-state index in [2.05, 4.69) is 144 Å². The fourth-order valence-corrected chi connectivity index (χ4v) is 6.44. The van der Waals surface area contributed by atoms with Crippen molar-refractivity contribution in [2.75, 3.05) is 84.6 Å². The highest BCUT2D eigenvalue weighted by molar-refractivity contribution is 9.41. The van der Waals surface area contributed by atoms with Gasteiger partial charge in [0.2, 0.25) is 31.0 Å². The van der Waals surface area contributed by atoms with Gasteiger partial charge in [-0.1, -0.05) is 0 Å². The molecule has 9 nitrogen and oxygen atoms in total. The van der Waals surface area contributed by atoms with Crippen LogP contribution in [-0.4, -0.2) is 113 Å². The number of hydrogen-bond donors (Lipinski definition) is 0. The fraction of sp³-hybridized carbons (Fsp3) is 1.00. The van der Waals surface area contributed by atoms with Gasteiger partial charge in [-0.3, -0.25) is 0 Å². The zero-order chi connectivity index (χ0) is 23.0. The minimum Gasteiger partial charge on any atom is -0.786 e. The average Bonchev–Trinajstić information content (AvgIpc) is 2.42. The molecule has 0 bridgehead atoms. The highest BCUT2D eigenvalue weighted by Gasteiger charge is 2.46. The van der Waals surface area contributed by atoms with E-state index in [1.807, 2.05) is 0 Å². The molecule has 0 aliphatic heterocycles. The predicted octanol–water partition coefficient (Wildman–Crippen LogP) is 2.27. The molecular formula is C12H36Br2FN6O3P3. The van der Waals surface area contributed by atoms with Gasteiger partial charge in [-0.2, -0.15) is 0 Å². The van der Waals surface area contributed by atoms with Crippen LogP contribution < -0.4 is 9.79 Å². The second-order valence-corrected chi connectivity index (χ2v) is 19.9. The highest BCUT2D eigenvalue weighted by atomic mass is 79.9. The van der Waals surface area contributed by atoms with Gasteiger partial charge in [0, 0.05) is 84.6 Å². The Labute approximate surface area is 182 Å². The van der Waals surface area contributed by atoms with Crippen molar-refractivity contribution in [3.05, 3.63) is 0 Å². The van der Waals surface area contributed by atoms with Crippen molar-refractivity contribution in [1.29, 1.82) is 0 Å². The van der Waals surface area contributed by atoms with E-state index in [9.17, 15) is 4.20 Å². The van der Waals surface area contributed by atoms with Crippen LogP contribution in [-0.2, 0) is 4.57 Å². The number of hydrogen-bond acceptors (Lipinski definition) is 9. The monoisotopic (exact) mass is 582 g/mol. The van der Waals surface area contributed by atoms with E-state index in [4.69, 9.17) is 14.4 Å². The molecule has 0 aliphatic rings. The van der Waals surface area contributed by atoms with Crippen LogP contribution in [0.5, 0.6) is 0 Å². The molecule has 0 spiro atoms. The number of halogens is 3. The largest absolute Gasteiger partial charge is 0.786 e. The Balaban J connectivity index is -0.000000344. The first-order chi connectivity index (χ1) is 11.7. The van der Waals surface area contributed by atoms with Crippen molar-refractivity contribution >= 4 is 51.7 Å². The Morgan fingerprint density at radius 2 is 0.667 bits per heavy atom. The van der Waals surface area contributed by atoms with Crippen molar-refractivity contribution in [2.45, 2.75) is 0 Å². The number of nitrogens with zero attached hydrogens (tertiary/aromatic N) is 6. The summed E-state index contributed by atoms with van der Waals surface area (Å²) in [7, 11) is 19.4. The second-order valence-electron chi connectivity index (χ2n) is 6.50. The third-order valence-electron chi connectivity index (χ3n) is 3.05. The van der Waals surface area contributed by atoms with Crippen molar-refractivity contribution in [3.8, 4) is 0 Å². The first kappa shape index (κ1) is 33.3. The minimum atomic E-state index is -5.64. The average molecular weight is 584 g/mol. The van der Waals surface area contributed by atoms with Crippen LogP contribution in [0.1, 0.15) is 0 Å². The highest BCUT2D eigenvalue weighted by Crippen LogP contribution is 2.70. The Morgan fingerprint density at radius 3 is 0.667 bits per heavy atom. The Kier molecular flexibility index (Phi) is 17.1. The second kappa shape index (κ2) is 13.9. The molecule has 0 unspecified atom stereocenters. The molecule has 0 saturated carbocycles. The molecule has 0 atom stereocenters. The smallest absolute Gasteiger partial charge is 0.298 e. The molecule has 0 rings (SSSR count). The lowest BCUT2D eigenvalue weighted by molar-refractivity contribution is -0.328. The van der Waals surface area contributed by atoms with Gasteiger partial charge in [0.1, 0.15) is 7.91 Å². The van der Waals surface area contributed by atoms with Crippen LogP contribution >= 0.6 is 51.7 Å². The molecule has 0 radical (unpaired) electrons. The zero-order valence-electron chi connectivity index (χ0n) is 18.4. The van der Waals surface area contributed by atoms with Gasteiger partial charge in [0.15, 0.2) is 0 Å². The fourth-order valence-electron chi connectivity index (χ4n) is 2.15. The van der Waals surface area contributed by atoms with E-state index >= 15 is 0 Å². The quantitative estimate of drug-likeness (QED) is 0.437. The first-order valence-corrected chi connectivity index (χ1v) is 16.4. The first-order valence-electron chi connectivity index (χ1n) is 7.62. The molecule has 0 fully saturated rings. The molecule has 0 aromatic rings. The van der Waals surface area contributed by atoms with Gasteiger partial charge in [-0.25, -0.2) is 4.20 Å². The summed E-state index contributed by atoms with van der Waals surface area (Å²) in [6.45, 7) is 0. The maximum absolute atomic E-state index is 10.1. The Morgan fingerprint density at radius 1 is 0.593 bits per heavy atom. The van der Waals surface area contributed by atoms with Crippen molar-refractivity contribution in [1.82, 2.24) is 28.0 Å². The van der Waals surface area contributed by atoms with E-state index in [0.29, 0.717) is 0 Å². The molecule has 0 N–H and O–H groups in total. The van der Waals surface area contributed by atoms with Crippen LogP contribution in [0, 0.1) is 0 Å². The van der Waals surface area contributed by atoms with Gasteiger partial charge in [-0.05, 0) is 0 Å². The van der Waals surface area contributed by atoms with E-state index < -0.39 is 20.7 Å². The Bertz CT molecular complexity index is 374. The molecule has 15 heteroatoms. The van der Waals surface area contributed by atoms with Gasteiger partial charge in [0.05, 0.1) is 0 Å². The van der Waals surface area contributed by atoms with Crippen molar-refractivity contribution in [3.63, 3.8) is 0 Å². The standard InChI is InChI=1S/2C6H18BrN3P.FH2O3P/c2*1-8(2)11(7,9(3)4)10(5)6;1-5(2,3)4/h2*1-6H3;(H2,2,3,4)/q2*+1;/p-2. The summed E-state index contributed by atoms with van der Waals surface area (Å²) in [4.78, 5) is 16.9. The third kappa shape index (κ3) is 12.8. The molecular weight excluding hydrogens is 548 g/mol.